The second-order valence-electron chi connectivity index (χ2n) is 8.14. The molecule has 1 amide bonds. The van der Waals surface area contributed by atoms with Crippen LogP contribution in [0, 0.1) is 5.92 Å². The fourth-order valence-corrected chi connectivity index (χ4v) is 3.85. The smallest absolute Gasteiger partial charge is 0.224 e. The lowest BCUT2D eigenvalue weighted by Gasteiger charge is -2.36. The van der Waals surface area contributed by atoms with Crippen LogP contribution in [-0.2, 0) is 19.6 Å². The number of carbonyl (C=O) groups is 1. The van der Waals surface area contributed by atoms with Crippen LogP contribution in [0.1, 0.15) is 47.0 Å². The van der Waals surface area contributed by atoms with Crippen molar-refractivity contribution < 1.29 is 17.9 Å². The third-order valence-corrected chi connectivity index (χ3v) is 6.96. The van der Waals surface area contributed by atoms with Gasteiger partial charge >= 0.3 is 0 Å². The molecule has 1 fully saturated rings. The third kappa shape index (κ3) is 7.60. The van der Waals surface area contributed by atoms with E-state index in [1.807, 2.05) is 24.3 Å². The number of rotatable bonds is 10. The number of nitrogens with zero attached hydrogens (tertiary/aromatic N) is 1. The first-order valence-electron chi connectivity index (χ1n) is 10.4. The largest absolute Gasteiger partial charge is 0.374 e. The van der Waals surface area contributed by atoms with Crippen LogP contribution in [0.15, 0.2) is 24.3 Å². The summed E-state index contributed by atoms with van der Waals surface area (Å²) < 4.78 is 31.7. The van der Waals surface area contributed by atoms with E-state index in [0.717, 1.165) is 31.1 Å². The van der Waals surface area contributed by atoms with Crippen molar-refractivity contribution in [2.75, 3.05) is 36.5 Å². The molecule has 0 radical (unpaired) electrons. The Bertz CT molecular complexity index is 748. The Morgan fingerprint density at radius 2 is 1.86 bits per heavy atom. The molecule has 1 aliphatic heterocycles. The minimum absolute atomic E-state index is 0.0595. The van der Waals surface area contributed by atoms with Gasteiger partial charge in [0.25, 0.3) is 0 Å². The molecule has 0 unspecified atom stereocenters. The zero-order valence-electron chi connectivity index (χ0n) is 18.0. The normalized spacial score (nSPS) is 17.7. The highest BCUT2D eigenvalue weighted by Crippen LogP contribution is 2.22. The SMILES string of the molecule is CC(C)[C@@H]1CN(c2ccc(NC(=O)CCCCNS(=O)(=O)C(C)C)cc2)CCO1. The molecule has 164 valence electrons. The summed E-state index contributed by atoms with van der Waals surface area (Å²) >= 11 is 0. The molecule has 1 atom stereocenters. The number of ether oxygens (including phenoxy) is 1. The van der Waals surface area contributed by atoms with Crippen LogP contribution in [0.2, 0.25) is 0 Å². The number of carbonyl (C=O) groups excluding carboxylic acids is 1. The quantitative estimate of drug-likeness (QED) is 0.563. The molecule has 1 aromatic rings. The van der Waals surface area contributed by atoms with Crippen LogP contribution in [0.5, 0.6) is 0 Å². The van der Waals surface area contributed by atoms with Crippen molar-refractivity contribution in [2.45, 2.75) is 58.3 Å². The summed E-state index contributed by atoms with van der Waals surface area (Å²) in [6, 6.07) is 7.89. The zero-order chi connectivity index (χ0) is 21.4. The van der Waals surface area contributed by atoms with E-state index in [4.69, 9.17) is 4.74 Å². The van der Waals surface area contributed by atoms with Gasteiger partial charge in [0.2, 0.25) is 15.9 Å². The van der Waals surface area contributed by atoms with Crippen LogP contribution in [0.25, 0.3) is 0 Å². The zero-order valence-corrected chi connectivity index (χ0v) is 18.8. The maximum atomic E-state index is 12.1. The molecule has 2 rings (SSSR count). The van der Waals surface area contributed by atoms with Crippen molar-refractivity contribution in [1.29, 1.82) is 0 Å². The van der Waals surface area contributed by atoms with Crippen molar-refractivity contribution in [3.05, 3.63) is 24.3 Å². The van der Waals surface area contributed by atoms with E-state index in [0.29, 0.717) is 31.7 Å². The van der Waals surface area contributed by atoms with E-state index in [1.54, 1.807) is 13.8 Å². The maximum absolute atomic E-state index is 12.1. The summed E-state index contributed by atoms with van der Waals surface area (Å²) in [5.41, 5.74) is 1.90. The first-order chi connectivity index (χ1) is 13.7. The van der Waals surface area contributed by atoms with Crippen LogP contribution >= 0.6 is 0 Å². The van der Waals surface area contributed by atoms with Gasteiger partial charge in [-0.2, -0.15) is 0 Å². The number of sulfonamides is 1. The molecule has 1 heterocycles. The van der Waals surface area contributed by atoms with Crippen LogP contribution in [0.4, 0.5) is 11.4 Å². The molecule has 2 N–H and O–H groups in total. The molecule has 0 aliphatic carbocycles. The van der Waals surface area contributed by atoms with Gasteiger partial charge in [0, 0.05) is 37.4 Å². The minimum atomic E-state index is -3.23. The highest BCUT2D eigenvalue weighted by atomic mass is 32.2. The Kier molecular flexibility index (Phi) is 8.92. The highest BCUT2D eigenvalue weighted by molar-refractivity contribution is 7.90. The van der Waals surface area contributed by atoms with E-state index >= 15 is 0 Å². The summed E-state index contributed by atoms with van der Waals surface area (Å²) in [6.45, 7) is 10.5. The van der Waals surface area contributed by atoms with Gasteiger partial charge < -0.3 is 15.0 Å². The topological polar surface area (TPSA) is 87.7 Å². The molecular formula is C21H35N3O4S. The number of hydrogen-bond acceptors (Lipinski definition) is 5. The van der Waals surface area contributed by atoms with E-state index < -0.39 is 15.3 Å². The fraction of sp³-hybridized carbons (Fsp3) is 0.667. The van der Waals surface area contributed by atoms with Crippen molar-refractivity contribution in [1.82, 2.24) is 4.72 Å². The van der Waals surface area contributed by atoms with Gasteiger partial charge in [-0.15, -0.1) is 0 Å². The van der Waals surface area contributed by atoms with E-state index in [1.165, 1.54) is 0 Å². The predicted molar refractivity (Wildman–Crippen MR) is 118 cm³/mol. The third-order valence-electron chi connectivity index (χ3n) is 5.11. The Morgan fingerprint density at radius 1 is 1.17 bits per heavy atom. The van der Waals surface area contributed by atoms with Gasteiger partial charge in [-0.3, -0.25) is 4.79 Å². The molecule has 29 heavy (non-hydrogen) atoms. The summed E-state index contributed by atoms with van der Waals surface area (Å²) in [6.07, 6.45) is 1.87. The monoisotopic (exact) mass is 425 g/mol. The Balaban J connectivity index is 1.73. The fourth-order valence-electron chi connectivity index (χ4n) is 3.08. The Morgan fingerprint density at radius 3 is 2.48 bits per heavy atom. The van der Waals surface area contributed by atoms with Crippen molar-refractivity contribution in [3.63, 3.8) is 0 Å². The van der Waals surface area contributed by atoms with E-state index in [9.17, 15) is 13.2 Å². The van der Waals surface area contributed by atoms with Gasteiger partial charge in [-0.1, -0.05) is 13.8 Å². The molecule has 0 aromatic heterocycles. The number of morpholine rings is 1. The lowest BCUT2D eigenvalue weighted by Crippen LogP contribution is -2.44. The minimum Gasteiger partial charge on any atom is -0.374 e. The Hall–Kier alpha value is -1.64. The number of nitrogens with one attached hydrogen (secondary N) is 2. The second-order valence-corrected chi connectivity index (χ2v) is 10.5. The van der Waals surface area contributed by atoms with Gasteiger partial charge in [0.1, 0.15) is 0 Å². The lowest BCUT2D eigenvalue weighted by molar-refractivity contribution is -0.116. The standard InChI is InChI=1S/C21H35N3O4S/c1-16(2)20-15-24(13-14-28-20)19-10-8-18(9-11-19)23-21(25)7-5-6-12-22-29(26,27)17(3)4/h8-11,16-17,20,22H,5-7,12-15H2,1-4H3,(H,23,25)/t20-/m0/s1. The predicted octanol–water partition coefficient (Wildman–Crippen LogP) is 2.98. The number of anilines is 2. The highest BCUT2D eigenvalue weighted by Gasteiger charge is 2.23. The molecule has 1 aliphatic rings. The molecule has 0 spiro atoms. The second kappa shape index (κ2) is 10.9. The van der Waals surface area contributed by atoms with Crippen molar-refractivity contribution in [3.8, 4) is 0 Å². The average molecular weight is 426 g/mol. The number of benzene rings is 1. The van der Waals surface area contributed by atoms with Crippen LogP contribution in [-0.4, -0.2) is 51.9 Å². The average Bonchev–Trinajstić information content (AvgIpc) is 2.68. The molecule has 0 bridgehead atoms. The van der Waals surface area contributed by atoms with Crippen LogP contribution < -0.4 is 14.9 Å². The molecular weight excluding hydrogens is 390 g/mol. The van der Waals surface area contributed by atoms with E-state index in [2.05, 4.69) is 28.8 Å². The number of amides is 1. The summed E-state index contributed by atoms with van der Waals surface area (Å²) in [7, 11) is -3.23. The summed E-state index contributed by atoms with van der Waals surface area (Å²) in [5.74, 6) is 0.424. The van der Waals surface area contributed by atoms with Gasteiger partial charge in [-0.25, -0.2) is 13.1 Å². The number of hydrogen-bond donors (Lipinski definition) is 2. The molecule has 1 aromatic carbocycles. The van der Waals surface area contributed by atoms with Crippen molar-refractivity contribution in [2.24, 2.45) is 5.92 Å². The first kappa shape index (κ1) is 23.6. The first-order valence-corrected chi connectivity index (χ1v) is 12.0. The van der Waals surface area contributed by atoms with Gasteiger partial charge in [-0.05, 0) is 56.9 Å². The number of unbranched alkanes of at least 4 members (excludes halogenated alkanes) is 1. The lowest BCUT2D eigenvalue weighted by atomic mass is 10.1. The maximum Gasteiger partial charge on any atom is 0.224 e. The molecule has 0 saturated carbocycles. The summed E-state index contributed by atoms with van der Waals surface area (Å²) in [5, 5.41) is 2.46. The van der Waals surface area contributed by atoms with Crippen molar-refractivity contribution >= 4 is 27.3 Å². The van der Waals surface area contributed by atoms with Gasteiger partial charge in [0.05, 0.1) is 18.0 Å². The Labute approximate surface area is 175 Å². The van der Waals surface area contributed by atoms with Gasteiger partial charge in [0.15, 0.2) is 0 Å². The van der Waals surface area contributed by atoms with Crippen LogP contribution in [0.3, 0.4) is 0 Å². The summed E-state index contributed by atoms with van der Waals surface area (Å²) in [4.78, 5) is 14.4. The molecule has 8 heteroatoms. The molecule has 7 nitrogen and oxygen atoms in total. The molecule has 1 saturated heterocycles. The van der Waals surface area contributed by atoms with E-state index in [-0.39, 0.29) is 12.0 Å².